The Labute approximate surface area is 170 Å². The van der Waals surface area contributed by atoms with E-state index in [4.69, 9.17) is 0 Å². The SMILES string of the molecule is Cc1cccc(NC(=O)N2CCN(C(=O)c3sc(C(C)(C)C)nc3C)CC2)c1. The number of nitrogens with one attached hydrogen (secondary N) is 1. The highest BCUT2D eigenvalue weighted by Gasteiger charge is 2.29. The smallest absolute Gasteiger partial charge is 0.321 e. The molecule has 0 saturated carbocycles. The van der Waals surface area contributed by atoms with Crippen LogP contribution in [0.1, 0.15) is 46.7 Å². The van der Waals surface area contributed by atoms with Crippen molar-refractivity contribution >= 4 is 29.0 Å². The monoisotopic (exact) mass is 400 g/mol. The number of rotatable bonds is 2. The maximum absolute atomic E-state index is 12.9. The zero-order valence-electron chi connectivity index (χ0n) is 17.2. The lowest BCUT2D eigenvalue weighted by molar-refractivity contribution is 0.0675. The summed E-state index contributed by atoms with van der Waals surface area (Å²) in [4.78, 5) is 34.3. The first kappa shape index (κ1) is 20.3. The van der Waals surface area contributed by atoms with Gasteiger partial charge in [-0.1, -0.05) is 32.9 Å². The van der Waals surface area contributed by atoms with Crippen molar-refractivity contribution < 1.29 is 9.59 Å². The summed E-state index contributed by atoms with van der Waals surface area (Å²) >= 11 is 1.48. The Balaban J connectivity index is 1.60. The molecule has 0 unspecified atom stereocenters. The molecule has 1 aromatic heterocycles. The van der Waals surface area contributed by atoms with Crippen LogP contribution in [0.4, 0.5) is 10.5 Å². The Hall–Kier alpha value is -2.41. The minimum absolute atomic E-state index is 0.0178. The fourth-order valence-corrected chi connectivity index (χ4v) is 4.19. The third kappa shape index (κ3) is 4.52. The molecule has 1 aromatic carbocycles. The third-order valence-corrected chi connectivity index (χ3v) is 6.33. The molecule has 0 atom stereocenters. The lowest BCUT2D eigenvalue weighted by Gasteiger charge is -2.34. The van der Waals surface area contributed by atoms with E-state index in [0.717, 1.165) is 22.0 Å². The minimum atomic E-state index is -0.123. The number of hydrogen-bond donors (Lipinski definition) is 1. The predicted octanol–water partition coefficient (Wildman–Crippen LogP) is 4.05. The van der Waals surface area contributed by atoms with E-state index in [2.05, 4.69) is 31.1 Å². The predicted molar refractivity (Wildman–Crippen MR) is 113 cm³/mol. The van der Waals surface area contributed by atoms with Crippen LogP contribution >= 0.6 is 11.3 Å². The molecule has 0 spiro atoms. The number of piperazine rings is 1. The zero-order valence-corrected chi connectivity index (χ0v) is 18.0. The van der Waals surface area contributed by atoms with Gasteiger partial charge >= 0.3 is 6.03 Å². The number of carbonyl (C=O) groups excluding carboxylic acids is 2. The van der Waals surface area contributed by atoms with Gasteiger partial charge < -0.3 is 15.1 Å². The highest BCUT2D eigenvalue weighted by atomic mass is 32.1. The van der Waals surface area contributed by atoms with Gasteiger partial charge in [-0.15, -0.1) is 11.3 Å². The largest absolute Gasteiger partial charge is 0.334 e. The minimum Gasteiger partial charge on any atom is -0.334 e. The summed E-state index contributed by atoms with van der Waals surface area (Å²) in [6.07, 6.45) is 0. The molecule has 0 radical (unpaired) electrons. The summed E-state index contributed by atoms with van der Waals surface area (Å²) in [5, 5.41) is 3.91. The molecule has 1 aliphatic rings. The second kappa shape index (κ2) is 7.91. The summed E-state index contributed by atoms with van der Waals surface area (Å²) in [5.74, 6) is 0.0178. The van der Waals surface area contributed by atoms with Crippen molar-refractivity contribution in [2.24, 2.45) is 0 Å². The Morgan fingerprint density at radius 2 is 1.71 bits per heavy atom. The van der Waals surface area contributed by atoms with Crippen LogP contribution in [0.2, 0.25) is 0 Å². The Bertz CT molecular complexity index is 877. The zero-order chi connectivity index (χ0) is 20.5. The maximum Gasteiger partial charge on any atom is 0.321 e. The fourth-order valence-electron chi connectivity index (χ4n) is 3.10. The molecule has 0 bridgehead atoms. The summed E-state index contributed by atoms with van der Waals surface area (Å²) in [6, 6.07) is 7.61. The molecule has 2 heterocycles. The number of amides is 3. The standard InChI is InChI=1S/C21H28N4O2S/c1-14-7-6-8-16(13-14)23-20(27)25-11-9-24(10-12-25)18(26)17-15(2)22-19(28-17)21(3,4)5/h6-8,13H,9-12H2,1-5H3,(H,23,27). The van der Waals surface area contributed by atoms with Crippen molar-refractivity contribution in [3.05, 3.63) is 45.4 Å². The molecule has 7 heteroatoms. The molecular formula is C21H28N4O2S. The van der Waals surface area contributed by atoms with Crippen molar-refractivity contribution in [2.75, 3.05) is 31.5 Å². The highest BCUT2D eigenvalue weighted by Crippen LogP contribution is 2.30. The molecule has 3 rings (SSSR count). The van der Waals surface area contributed by atoms with E-state index in [1.165, 1.54) is 11.3 Å². The average Bonchev–Trinajstić information content (AvgIpc) is 3.03. The van der Waals surface area contributed by atoms with E-state index in [0.29, 0.717) is 31.1 Å². The lowest BCUT2D eigenvalue weighted by atomic mass is 9.98. The molecule has 2 aromatic rings. The van der Waals surface area contributed by atoms with Crippen LogP contribution in [-0.2, 0) is 5.41 Å². The van der Waals surface area contributed by atoms with Gasteiger partial charge in [-0.2, -0.15) is 0 Å². The number of benzene rings is 1. The summed E-state index contributed by atoms with van der Waals surface area (Å²) in [7, 11) is 0. The molecule has 0 aliphatic carbocycles. The number of hydrogen-bond acceptors (Lipinski definition) is 4. The summed E-state index contributed by atoms with van der Waals surface area (Å²) in [6.45, 7) is 12.3. The molecule has 1 saturated heterocycles. The maximum atomic E-state index is 12.9. The van der Waals surface area contributed by atoms with Gasteiger partial charge in [-0.05, 0) is 31.5 Å². The van der Waals surface area contributed by atoms with Gasteiger partial charge in [0.15, 0.2) is 0 Å². The van der Waals surface area contributed by atoms with Crippen molar-refractivity contribution in [3.8, 4) is 0 Å². The van der Waals surface area contributed by atoms with E-state index in [-0.39, 0.29) is 17.4 Å². The molecule has 1 aliphatic heterocycles. The van der Waals surface area contributed by atoms with Gasteiger partial charge in [0.2, 0.25) is 0 Å². The topological polar surface area (TPSA) is 65.5 Å². The van der Waals surface area contributed by atoms with E-state index >= 15 is 0 Å². The molecule has 1 N–H and O–H groups in total. The van der Waals surface area contributed by atoms with E-state index in [1.807, 2.05) is 43.0 Å². The summed E-state index contributed by atoms with van der Waals surface area (Å²) < 4.78 is 0. The Morgan fingerprint density at radius 1 is 1.07 bits per heavy atom. The van der Waals surface area contributed by atoms with Gasteiger partial charge in [-0.25, -0.2) is 9.78 Å². The van der Waals surface area contributed by atoms with Gasteiger partial charge in [0.1, 0.15) is 4.88 Å². The number of aromatic nitrogens is 1. The Morgan fingerprint density at radius 3 is 2.29 bits per heavy atom. The molecule has 1 fully saturated rings. The van der Waals surface area contributed by atoms with Crippen LogP contribution in [-0.4, -0.2) is 52.9 Å². The molecule has 6 nitrogen and oxygen atoms in total. The van der Waals surface area contributed by atoms with Crippen LogP contribution in [0.25, 0.3) is 0 Å². The fraction of sp³-hybridized carbons (Fsp3) is 0.476. The number of anilines is 1. The van der Waals surface area contributed by atoms with E-state index in [1.54, 1.807) is 4.90 Å². The van der Waals surface area contributed by atoms with Crippen molar-refractivity contribution in [2.45, 2.75) is 40.0 Å². The second-order valence-electron chi connectivity index (χ2n) is 8.26. The van der Waals surface area contributed by atoms with Crippen molar-refractivity contribution in [1.29, 1.82) is 0 Å². The van der Waals surface area contributed by atoms with E-state index < -0.39 is 0 Å². The van der Waals surface area contributed by atoms with Crippen LogP contribution in [0.15, 0.2) is 24.3 Å². The number of carbonyl (C=O) groups is 2. The van der Waals surface area contributed by atoms with Crippen molar-refractivity contribution in [1.82, 2.24) is 14.8 Å². The quantitative estimate of drug-likeness (QED) is 0.827. The van der Waals surface area contributed by atoms with Gasteiger partial charge in [0.05, 0.1) is 10.7 Å². The lowest BCUT2D eigenvalue weighted by Crippen LogP contribution is -2.51. The number of aryl methyl sites for hydroxylation is 2. The number of nitrogens with zero attached hydrogens (tertiary/aromatic N) is 3. The Kier molecular flexibility index (Phi) is 5.74. The second-order valence-corrected chi connectivity index (χ2v) is 9.26. The van der Waals surface area contributed by atoms with Crippen LogP contribution in [0, 0.1) is 13.8 Å². The van der Waals surface area contributed by atoms with Crippen LogP contribution in [0.5, 0.6) is 0 Å². The summed E-state index contributed by atoms with van der Waals surface area (Å²) in [5.41, 5.74) is 2.61. The first-order valence-electron chi connectivity index (χ1n) is 9.55. The van der Waals surface area contributed by atoms with Crippen LogP contribution < -0.4 is 5.32 Å². The molecular weight excluding hydrogens is 372 g/mol. The van der Waals surface area contributed by atoms with Gasteiger partial charge in [-0.3, -0.25) is 4.79 Å². The average molecular weight is 401 g/mol. The van der Waals surface area contributed by atoms with Gasteiger partial charge in [0, 0.05) is 37.3 Å². The molecule has 28 heavy (non-hydrogen) atoms. The molecule has 3 amide bonds. The first-order chi connectivity index (χ1) is 13.1. The van der Waals surface area contributed by atoms with Crippen LogP contribution in [0.3, 0.4) is 0 Å². The normalized spacial score (nSPS) is 14.9. The first-order valence-corrected chi connectivity index (χ1v) is 10.4. The number of thiazole rings is 1. The van der Waals surface area contributed by atoms with Gasteiger partial charge in [0.25, 0.3) is 5.91 Å². The third-order valence-electron chi connectivity index (χ3n) is 4.76. The van der Waals surface area contributed by atoms with E-state index in [9.17, 15) is 9.59 Å². The molecule has 150 valence electrons. The van der Waals surface area contributed by atoms with Crippen molar-refractivity contribution in [3.63, 3.8) is 0 Å². The highest BCUT2D eigenvalue weighted by molar-refractivity contribution is 7.14. The number of urea groups is 1.